The molecule has 0 aromatic heterocycles. The third-order valence-corrected chi connectivity index (χ3v) is 6.70. The molecule has 1 aromatic rings. The fraction of sp³-hybridized carbons (Fsp3) is 0.611. The van der Waals surface area contributed by atoms with E-state index in [1.54, 1.807) is 0 Å². The molecule has 0 spiro atoms. The molecule has 7 heteroatoms. The lowest BCUT2D eigenvalue weighted by molar-refractivity contribution is -0.126. The predicted octanol–water partition coefficient (Wildman–Crippen LogP) is 2.00. The number of carbonyl (C=O) groups excluding carboxylic acids is 1. The highest BCUT2D eigenvalue weighted by molar-refractivity contribution is 7.86. The molecule has 0 aliphatic carbocycles. The molecule has 1 aromatic carbocycles. The number of nitrogens with zero attached hydrogens (tertiary/aromatic N) is 2. The summed E-state index contributed by atoms with van der Waals surface area (Å²) in [6.07, 6.45) is 1.41. The van der Waals surface area contributed by atoms with E-state index in [1.165, 1.54) is 28.3 Å². The quantitative estimate of drug-likeness (QED) is 0.865. The highest BCUT2D eigenvalue weighted by Crippen LogP contribution is 2.23. The third-order valence-electron chi connectivity index (χ3n) is 4.79. The highest BCUT2D eigenvalue weighted by atomic mass is 32.2. The molecule has 0 radical (unpaired) electrons. The van der Waals surface area contributed by atoms with Crippen molar-refractivity contribution in [3.8, 4) is 0 Å². The van der Waals surface area contributed by atoms with Crippen LogP contribution in [0, 0.1) is 19.8 Å². The number of benzene rings is 1. The summed E-state index contributed by atoms with van der Waals surface area (Å²) in [5, 5.41) is 3.05. The minimum atomic E-state index is -3.47. The molecule has 1 N–H and O–H groups in total. The third kappa shape index (κ3) is 4.59. The van der Waals surface area contributed by atoms with Gasteiger partial charge in [-0.1, -0.05) is 23.8 Å². The Kier molecular flexibility index (Phi) is 6.24. The average Bonchev–Trinajstić information content (AvgIpc) is 2.54. The van der Waals surface area contributed by atoms with Gasteiger partial charge in [0.15, 0.2) is 0 Å². The molecule has 2 rings (SSSR count). The van der Waals surface area contributed by atoms with Gasteiger partial charge in [0.1, 0.15) is 0 Å². The number of aryl methyl sites for hydroxylation is 2. The molecule has 0 unspecified atom stereocenters. The van der Waals surface area contributed by atoms with Gasteiger partial charge in [-0.2, -0.15) is 17.0 Å². The van der Waals surface area contributed by atoms with E-state index in [0.717, 1.165) is 11.1 Å². The van der Waals surface area contributed by atoms with Crippen molar-refractivity contribution in [1.82, 2.24) is 13.9 Å². The fourth-order valence-electron chi connectivity index (χ4n) is 3.32. The Morgan fingerprint density at radius 2 is 2.00 bits per heavy atom. The van der Waals surface area contributed by atoms with Gasteiger partial charge >= 0.3 is 0 Å². The van der Waals surface area contributed by atoms with Crippen molar-refractivity contribution >= 4 is 16.1 Å². The summed E-state index contributed by atoms with van der Waals surface area (Å²) in [6, 6.07) is 6.08. The number of carbonyl (C=O) groups is 1. The monoisotopic (exact) mass is 367 g/mol. The Labute approximate surface area is 151 Å². The first-order valence-electron chi connectivity index (χ1n) is 8.68. The van der Waals surface area contributed by atoms with E-state index in [9.17, 15) is 13.2 Å². The Bertz CT molecular complexity index is 731. The van der Waals surface area contributed by atoms with Gasteiger partial charge < -0.3 is 5.32 Å². The topological polar surface area (TPSA) is 69.7 Å². The molecule has 0 saturated carbocycles. The van der Waals surface area contributed by atoms with Crippen LogP contribution in [0.3, 0.4) is 0 Å². The molecular weight excluding hydrogens is 338 g/mol. The van der Waals surface area contributed by atoms with E-state index < -0.39 is 10.2 Å². The molecule has 25 heavy (non-hydrogen) atoms. The summed E-state index contributed by atoms with van der Waals surface area (Å²) >= 11 is 0. The second-order valence-electron chi connectivity index (χ2n) is 7.08. The van der Waals surface area contributed by atoms with Crippen LogP contribution < -0.4 is 5.32 Å². The zero-order valence-electron chi connectivity index (χ0n) is 15.7. The SMILES string of the molecule is Cc1ccc([C@H](C)NC(=O)[C@H]2CCCN(S(=O)(=O)N(C)C)C2)c(C)c1. The van der Waals surface area contributed by atoms with Crippen molar-refractivity contribution in [2.24, 2.45) is 5.92 Å². The Balaban J connectivity index is 2.05. The van der Waals surface area contributed by atoms with Crippen molar-refractivity contribution < 1.29 is 13.2 Å². The first-order chi connectivity index (χ1) is 11.6. The average molecular weight is 368 g/mol. The number of nitrogens with one attached hydrogen (secondary N) is 1. The maximum Gasteiger partial charge on any atom is 0.281 e. The van der Waals surface area contributed by atoms with Gasteiger partial charge in [0, 0.05) is 27.2 Å². The van der Waals surface area contributed by atoms with Gasteiger partial charge in [-0.3, -0.25) is 4.79 Å². The molecule has 1 heterocycles. The van der Waals surface area contributed by atoms with Gasteiger partial charge in [-0.05, 0) is 44.7 Å². The minimum absolute atomic E-state index is 0.0777. The van der Waals surface area contributed by atoms with Crippen molar-refractivity contribution in [2.75, 3.05) is 27.2 Å². The predicted molar refractivity (Wildman–Crippen MR) is 99.4 cm³/mol. The van der Waals surface area contributed by atoms with E-state index in [2.05, 4.69) is 11.4 Å². The van der Waals surface area contributed by atoms with Crippen LogP contribution in [0.15, 0.2) is 18.2 Å². The summed E-state index contributed by atoms with van der Waals surface area (Å²) in [7, 11) is -0.442. The summed E-state index contributed by atoms with van der Waals surface area (Å²) in [4.78, 5) is 12.7. The lowest BCUT2D eigenvalue weighted by Gasteiger charge is -2.33. The second kappa shape index (κ2) is 7.85. The van der Waals surface area contributed by atoms with Gasteiger partial charge in [-0.15, -0.1) is 0 Å². The first-order valence-corrected chi connectivity index (χ1v) is 10.1. The Morgan fingerprint density at radius 3 is 2.60 bits per heavy atom. The van der Waals surface area contributed by atoms with Crippen molar-refractivity contribution in [3.05, 3.63) is 34.9 Å². The first kappa shape index (κ1) is 19.9. The van der Waals surface area contributed by atoms with Crippen molar-refractivity contribution in [1.29, 1.82) is 0 Å². The number of hydrogen-bond acceptors (Lipinski definition) is 3. The normalized spacial score (nSPS) is 20.5. The maximum absolute atomic E-state index is 12.7. The van der Waals surface area contributed by atoms with E-state index in [4.69, 9.17) is 0 Å². The molecular formula is C18H29N3O3S. The lowest BCUT2D eigenvalue weighted by atomic mass is 9.96. The van der Waals surface area contributed by atoms with Crippen LogP contribution in [-0.2, 0) is 15.0 Å². The van der Waals surface area contributed by atoms with Crippen molar-refractivity contribution in [3.63, 3.8) is 0 Å². The zero-order valence-corrected chi connectivity index (χ0v) is 16.6. The molecule has 1 amide bonds. The Morgan fingerprint density at radius 1 is 1.32 bits per heavy atom. The van der Waals surface area contributed by atoms with E-state index >= 15 is 0 Å². The molecule has 1 aliphatic heterocycles. The van der Waals surface area contributed by atoms with Crippen LogP contribution in [0.4, 0.5) is 0 Å². The van der Waals surface area contributed by atoms with Gasteiger partial charge in [-0.25, -0.2) is 0 Å². The fourth-order valence-corrected chi connectivity index (χ4v) is 4.51. The zero-order chi connectivity index (χ0) is 18.8. The van der Waals surface area contributed by atoms with Crippen LogP contribution in [0.2, 0.25) is 0 Å². The van der Waals surface area contributed by atoms with Crippen molar-refractivity contribution in [2.45, 2.75) is 39.7 Å². The lowest BCUT2D eigenvalue weighted by Crippen LogP contribution is -2.49. The molecule has 1 fully saturated rings. The van der Waals surface area contributed by atoms with Crippen LogP contribution in [0.1, 0.15) is 42.5 Å². The molecule has 0 bridgehead atoms. The number of piperidine rings is 1. The number of amides is 1. The van der Waals surface area contributed by atoms with Gasteiger partial charge in [0.2, 0.25) is 5.91 Å². The smallest absolute Gasteiger partial charge is 0.281 e. The van der Waals surface area contributed by atoms with E-state index in [-0.39, 0.29) is 24.4 Å². The summed E-state index contributed by atoms with van der Waals surface area (Å²) in [6.45, 7) is 6.76. The van der Waals surface area contributed by atoms with E-state index in [0.29, 0.717) is 19.4 Å². The molecule has 1 aliphatic rings. The second-order valence-corrected chi connectivity index (χ2v) is 9.22. The molecule has 6 nitrogen and oxygen atoms in total. The van der Waals surface area contributed by atoms with Crippen LogP contribution in [-0.4, -0.2) is 50.1 Å². The van der Waals surface area contributed by atoms with Crippen LogP contribution in [0.5, 0.6) is 0 Å². The standard InChI is InChI=1S/C18H29N3O3S/c1-13-8-9-17(14(2)11-13)15(3)19-18(22)16-7-6-10-21(12-16)25(23,24)20(4)5/h8-9,11,15-16H,6-7,10,12H2,1-5H3,(H,19,22)/t15-,16-/m0/s1. The summed E-state index contributed by atoms with van der Waals surface area (Å²) in [5.41, 5.74) is 3.43. The summed E-state index contributed by atoms with van der Waals surface area (Å²) in [5.74, 6) is -0.386. The van der Waals surface area contributed by atoms with Crippen LogP contribution in [0.25, 0.3) is 0 Å². The Hall–Kier alpha value is -1.44. The summed E-state index contributed by atoms with van der Waals surface area (Å²) < 4.78 is 27.2. The van der Waals surface area contributed by atoms with Crippen LogP contribution >= 0.6 is 0 Å². The van der Waals surface area contributed by atoms with Gasteiger partial charge in [0.05, 0.1) is 12.0 Å². The van der Waals surface area contributed by atoms with E-state index in [1.807, 2.05) is 32.9 Å². The largest absolute Gasteiger partial charge is 0.349 e. The molecule has 2 atom stereocenters. The minimum Gasteiger partial charge on any atom is -0.349 e. The number of hydrogen-bond donors (Lipinski definition) is 1. The maximum atomic E-state index is 12.7. The highest BCUT2D eigenvalue weighted by Gasteiger charge is 2.33. The number of rotatable bonds is 5. The molecule has 140 valence electrons. The van der Waals surface area contributed by atoms with Gasteiger partial charge in [0.25, 0.3) is 10.2 Å². The molecule has 1 saturated heterocycles.